The molecule has 0 radical (unpaired) electrons. The first kappa shape index (κ1) is 19.0. The third-order valence-electron chi connectivity index (χ3n) is 4.29. The van der Waals surface area contributed by atoms with Crippen molar-refractivity contribution in [3.05, 3.63) is 62.7 Å². The average molecular weight is 391 g/mol. The van der Waals surface area contributed by atoms with Crippen LogP contribution in [0.3, 0.4) is 0 Å². The minimum atomic E-state index is -0.556. The molecule has 2 aromatic rings. The SMILES string of the molecule is CC(C)C(NC(=O)c1ccc([N+](=O)[O-])cc1Cl)c1ccc2c(c1)OCCO2. The number of nitro groups is 1. The van der Waals surface area contributed by atoms with Gasteiger partial charge in [-0.1, -0.05) is 31.5 Å². The highest BCUT2D eigenvalue weighted by Gasteiger charge is 2.23. The van der Waals surface area contributed by atoms with E-state index >= 15 is 0 Å². The monoisotopic (exact) mass is 390 g/mol. The first-order valence-corrected chi connectivity index (χ1v) is 8.89. The third-order valence-corrected chi connectivity index (χ3v) is 4.60. The fraction of sp³-hybridized carbons (Fsp3) is 0.316. The minimum absolute atomic E-state index is 0.0337. The Bertz CT molecular complexity index is 884. The quantitative estimate of drug-likeness (QED) is 0.611. The minimum Gasteiger partial charge on any atom is -0.486 e. The molecule has 1 heterocycles. The number of hydrogen-bond acceptors (Lipinski definition) is 5. The highest BCUT2D eigenvalue weighted by molar-refractivity contribution is 6.34. The summed E-state index contributed by atoms with van der Waals surface area (Å²) in [5, 5.41) is 13.8. The number of nitrogens with zero attached hydrogens (tertiary/aromatic N) is 1. The van der Waals surface area contributed by atoms with Crippen molar-refractivity contribution in [1.29, 1.82) is 0 Å². The van der Waals surface area contributed by atoms with Crippen molar-refractivity contribution >= 4 is 23.2 Å². The molecular weight excluding hydrogens is 372 g/mol. The molecule has 0 fully saturated rings. The van der Waals surface area contributed by atoms with Crippen molar-refractivity contribution in [3.63, 3.8) is 0 Å². The fourth-order valence-corrected chi connectivity index (χ4v) is 3.17. The number of fused-ring (bicyclic) bond motifs is 1. The van der Waals surface area contributed by atoms with Gasteiger partial charge in [0.2, 0.25) is 0 Å². The van der Waals surface area contributed by atoms with E-state index in [9.17, 15) is 14.9 Å². The number of ether oxygens (including phenoxy) is 2. The van der Waals surface area contributed by atoms with E-state index in [4.69, 9.17) is 21.1 Å². The zero-order chi connectivity index (χ0) is 19.6. The zero-order valence-electron chi connectivity index (χ0n) is 14.9. The maximum absolute atomic E-state index is 12.7. The number of non-ortho nitro benzene ring substituents is 1. The van der Waals surface area contributed by atoms with Crippen LogP contribution >= 0.6 is 11.6 Å². The van der Waals surface area contributed by atoms with Gasteiger partial charge >= 0.3 is 0 Å². The van der Waals surface area contributed by atoms with Gasteiger partial charge in [0.15, 0.2) is 11.5 Å². The Balaban J connectivity index is 1.84. The van der Waals surface area contributed by atoms with E-state index in [0.717, 1.165) is 5.56 Å². The van der Waals surface area contributed by atoms with Crippen molar-refractivity contribution in [2.45, 2.75) is 19.9 Å². The Morgan fingerprint density at radius 1 is 1.15 bits per heavy atom. The van der Waals surface area contributed by atoms with Gasteiger partial charge < -0.3 is 14.8 Å². The Labute approximate surface area is 161 Å². The largest absolute Gasteiger partial charge is 0.486 e. The standard InChI is InChI=1S/C19H19ClN2O5/c1-11(2)18(12-3-6-16-17(9-12)27-8-7-26-16)21-19(23)14-5-4-13(22(24)25)10-15(14)20/h3-6,9-11,18H,7-8H2,1-2H3,(H,21,23). The van der Waals surface area contributed by atoms with Crippen LogP contribution in [0.15, 0.2) is 36.4 Å². The first-order chi connectivity index (χ1) is 12.9. The lowest BCUT2D eigenvalue weighted by atomic mass is 9.95. The maximum atomic E-state index is 12.7. The molecule has 8 heteroatoms. The second-order valence-electron chi connectivity index (χ2n) is 6.52. The molecule has 0 saturated heterocycles. The van der Waals surface area contributed by atoms with Crippen LogP contribution in [0.25, 0.3) is 0 Å². The number of hydrogen-bond donors (Lipinski definition) is 1. The summed E-state index contributed by atoms with van der Waals surface area (Å²) in [4.78, 5) is 23.0. The second-order valence-corrected chi connectivity index (χ2v) is 6.93. The van der Waals surface area contributed by atoms with E-state index in [2.05, 4.69) is 5.32 Å². The predicted molar refractivity (Wildman–Crippen MR) is 101 cm³/mol. The van der Waals surface area contributed by atoms with Crippen LogP contribution < -0.4 is 14.8 Å². The Kier molecular flexibility index (Phi) is 5.51. The molecule has 7 nitrogen and oxygen atoms in total. The molecule has 1 unspecified atom stereocenters. The normalized spacial score (nSPS) is 13.9. The van der Waals surface area contributed by atoms with E-state index in [1.807, 2.05) is 32.0 Å². The van der Waals surface area contributed by atoms with Gasteiger partial charge in [-0.25, -0.2) is 0 Å². The van der Waals surface area contributed by atoms with E-state index in [1.165, 1.54) is 18.2 Å². The molecule has 0 spiro atoms. The van der Waals surface area contributed by atoms with E-state index in [1.54, 1.807) is 0 Å². The van der Waals surface area contributed by atoms with E-state index in [0.29, 0.717) is 24.7 Å². The van der Waals surface area contributed by atoms with Crippen molar-refractivity contribution in [2.75, 3.05) is 13.2 Å². The molecule has 0 bridgehead atoms. The number of rotatable bonds is 5. The predicted octanol–water partition coefficient (Wildman–Crippen LogP) is 4.15. The molecule has 0 aliphatic carbocycles. The number of benzene rings is 2. The summed E-state index contributed by atoms with van der Waals surface area (Å²) >= 11 is 6.07. The van der Waals surface area contributed by atoms with Crippen LogP contribution in [0.1, 0.15) is 35.8 Å². The summed E-state index contributed by atoms with van der Waals surface area (Å²) in [6.45, 7) is 4.96. The number of carbonyl (C=O) groups excluding carboxylic acids is 1. The highest BCUT2D eigenvalue weighted by atomic mass is 35.5. The van der Waals surface area contributed by atoms with Crippen LogP contribution in [0.5, 0.6) is 11.5 Å². The smallest absolute Gasteiger partial charge is 0.270 e. The molecule has 0 aromatic heterocycles. The lowest BCUT2D eigenvalue weighted by molar-refractivity contribution is -0.384. The van der Waals surface area contributed by atoms with Gasteiger partial charge in [-0.05, 0) is 29.7 Å². The zero-order valence-corrected chi connectivity index (χ0v) is 15.7. The summed E-state index contributed by atoms with van der Waals surface area (Å²) in [7, 11) is 0. The molecule has 27 heavy (non-hydrogen) atoms. The van der Waals surface area contributed by atoms with Gasteiger partial charge in [0.05, 0.1) is 21.6 Å². The first-order valence-electron chi connectivity index (χ1n) is 8.51. The molecule has 0 saturated carbocycles. The second kappa shape index (κ2) is 7.84. The van der Waals surface area contributed by atoms with Crippen molar-refractivity contribution in [1.82, 2.24) is 5.32 Å². The van der Waals surface area contributed by atoms with Crippen molar-refractivity contribution < 1.29 is 19.2 Å². The Morgan fingerprint density at radius 3 is 2.48 bits per heavy atom. The van der Waals surface area contributed by atoms with Gasteiger partial charge in [0.25, 0.3) is 11.6 Å². The van der Waals surface area contributed by atoms with Crippen LogP contribution in [-0.2, 0) is 0 Å². The topological polar surface area (TPSA) is 90.7 Å². The van der Waals surface area contributed by atoms with Gasteiger partial charge in [0, 0.05) is 12.1 Å². The van der Waals surface area contributed by atoms with Crippen molar-refractivity contribution in [3.8, 4) is 11.5 Å². The highest BCUT2D eigenvalue weighted by Crippen LogP contribution is 2.34. The molecule has 1 aliphatic rings. The summed E-state index contributed by atoms with van der Waals surface area (Å²) in [6, 6.07) is 9.06. The Morgan fingerprint density at radius 2 is 1.85 bits per heavy atom. The number of halogens is 1. The molecule has 1 N–H and O–H groups in total. The van der Waals surface area contributed by atoms with Crippen LogP contribution in [-0.4, -0.2) is 24.0 Å². The van der Waals surface area contributed by atoms with E-state index in [-0.39, 0.29) is 28.2 Å². The molecule has 142 valence electrons. The molecule has 1 aliphatic heterocycles. The summed E-state index contributed by atoms with van der Waals surface area (Å²) in [5.74, 6) is 1.01. The number of nitrogens with one attached hydrogen (secondary N) is 1. The fourth-order valence-electron chi connectivity index (χ4n) is 2.91. The van der Waals surface area contributed by atoms with Crippen LogP contribution in [0.2, 0.25) is 5.02 Å². The average Bonchev–Trinajstić information content (AvgIpc) is 2.65. The molecule has 2 aromatic carbocycles. The molecule has 1 amide bonds. The van der Waals surface area contributed by atoms with Crippen LogP contribution in [0.4, 0.5) is 5.69 Å². The van der Waals surface area contributed by atoms with Gasteiger partial charge in [0.1, 0.15) is 13.2 Å². The number of amides is 1. The lowest BCUT2D eigenvalue weighted by Gasteiger charge is -2.25. The van der Waals surface area contributed by atoms with Gasteiger partial charge in [-0.2, -0.15) is 0 Å². The van der Waals surface area contributed by atoms with Gasteiger partial charge in [-0.15, -0.1) is 0 Å². The number of nitro benzene ring substituents is 1. The lowest BCUT2D eigenvalue weighted by Crippen LogP contribution is -2.32. The van der Waals surface area contributed by atoms with Gasteiger partial charge in [-0.3, -0.25) is 14.9 Å². The molecule has 1 atom stereocenters. The third kappa shape index (κ3) is 4.14. The molecular formula is C19H19ClN2O5. The summed E-state index contributed by atoms with van der Waals surface area (Å²) in [5.41, 5.74) is 0.898. The van der Waals surface area contributed by atoms with Crippen molar-refractivity contribution in [2.24, 2.45) is 5.92 Å². The molecule has 3 rings (SSSR count). The number of carbonyl (C=O) groups is 1. The van der Waals surface area contributed by atoms with Crippen LogP contribution in [0, 0.1) is 16.0 Å². The summed E-state index contributed by atoms with van der Waals surface area (Å²) in [6.07, 6.45) is 0. The summed E-state index contributed by atoms with van der Waals surface area (Å²) < 4.78 is 11.1. The Hall–Kier alpha value is -2.80. The maximum Gasteiger partial charge on any atom is 0.270 e. The van der Waals surface area contributed by atoms with E-state index < -0.39 is 10.8 Å².